The number of nitrogens with zero attached hydrogens (tertiary/aromatic N) is 2. The van der Waals surface area contributed by atoms with Crippen molar-refractivity contribution >= 4 is 33.3 Å². The van der Waals surface area contributed by atoms with Crippen molar-refractivity contribution < 1.29 is 4.74 Å². The van der Waals surface area contributed by atoms with E-state index in [4.69, 9.17) is 9.72 Å². The summed E-state index contributed by atoms with van der Waals surface area (Å²) in [4.78, 5) is 19.9. The molecule has 0 N–H and O–H groups in total. The fraction of sp³-hybridized carbons (Fsp3) is 0.529. The molecule has 0 bridgehead atoms. The quantitative estimate of drug-likeness (QED) is 0.464. The van der Waals surface area contributed by atoms with Gasteiger partial charge in [-0.2, -0.15) is 0 Å². The van der Waals surface area contributed by atoms with Crippen molar-refractivity contribution in [3.8, 4) is 0 Å². The van der Waals surface area contributed by atoms with Gasteiger partial charge in [0, 0.05) is 23.6 Å². The fourth-order valence-corrected chi connectivity index (χ4v) is 4.81. The molecule has 124 valence electrons. The van der Waals surface area contributed by atoms with E-state index in [9.17, 15) is 4.79 Å². The minimum absolute atomic E-state index is 0.0590. The maximum absolute atomic E-state index is 13.1. The van der Waals surface area contributed by atoms with Gasteiger partial charge in [-0.15, -0.1) is 17.9 Å². The summed E-state index contributed by atoms with van der Waals surface area (Å²) in [5.41, 5.74) is 0.958. The summed E-state index contributed by atoms with van der Waals surface area (Å²) in [5.74, 6) is 0.955. The van der Waals surface area contributed by atoms with Crippen molar-refractivity contribution in [1.29, 1.82) is 0 Å². The number of aromatic nitrogens is 2. The second kappa shape index (κ2) is 6.42. The Bertz CT molecular complexity index is 805. The Morgan fingerprint density at radius 2 is 2.30 bits per heavy atom. The number of thiophene rings is 1. The van der Waals surface area contributed by atoms with Crippen molar-refractivity contribution in [2.45, 2.75) is 57.5 Å². The van der Waals surface area contributed by atoms with E-state index in [0.717, 1.165) is 44.4 Å². The summed E-state index contributed by atoms with van der Waals surface area (Å²) in [6, 6.07) is 0. The van der Waals surface area contributed by atoms with Crippen LogP contribution in [0.5, 0.6) is 0 Å². The lowest BCUT2D eigenvalue weighted by Crippen LogP contribution is -2.32. The summed E-state index contributed by atoms with van der Waals surface area (Å²) >= 11 is 3.24. The van der Waals surface area contributed by atoms with Crippen LogP contribution in [0.1, 0.15) is 37.6 Å². The molecule has 0 saturated heterocycles. The van der Waals surface area contributed by atoms with Crippen molar-refractivity contribution in [2.75, 3.05) is 5.75 Å². The van der Waals surface area contributed by atoms with Crippen LogP contribution in [0.3, 0.4) is 0 Å². The van der Waals surface area contributed by atoms with Gasteiger partial charge in [-0.3, -0.25) is 9.36 Å². The average molecular weight is 351 g/mol. The molecule has 0 fully saturated rings. The first-order valence-corrected chi connectivity index (χ1v) is 9.69. The number of thioether (sulfide) groups is 1. The summed E-state index contributed by atoms with van der Waals surface area (Å²) in [5, 5.41) is 1.58. The molecule has 3 heterocycles. The predicted octanol–water partition coefficient (Wildman–Crippen LogP) is 4.00. The zero-order valence-electron chi connectivity index (χ0n) is 13.8. The molecular weight excluding hydrogens is 328 g/mol. The van der Waals surface area contributed by atoms with E-state index in [1.165, 1.54) is 0 Å². The van der Waals surface area contributed by atoms with Gasteiger partial charge in [0.15, 0.2) is 5.16 Å². The van der Waals surface area contributed by atoms with Crippen LogP contribution in [-0.2, 0) is 24.3 Å². The number of hydrogen-bond acceptors (Lipinski definition) is 5. The third-order valence-corrected chi connectivity index (χ3v) is 6.18. The lowest BCUT2D eigenvalue weighted by atomic mass is 9.94. The minimum Gasteiger partial charge on any atom is -0.370 e. The fourth-order valence-electron chi connectivity index (χ4n) is 2.80. The van der Waals surface area contributed by atoms with E-state index in [1.807, 2.05) is 0 Å². The van der Waals surface area contributed by atoms with Crippen molar-refractivity contribution in [1.82, 2.24) is 9.55 Å². The standard InChI is InChI=1S/C17H22N2O2S2/c1-5-7-19-15(20)13-11-9-17(3,4)21-10-12(11)23-14(13)18-16(19)22-8-6-2/h5H,1,6-10H2,2-4H3. The van der Waals surface area contributed by atoms with Crippen LogP contribution in [0.2, 0.25) is 0 Å². The normalized spacial score (nSPS) is 16.5. The Kier molecular flexibility index (Phi) is 4.67. The Balaban J connectivity index is 2.21. The maximum Gasteiger partial charge on any atom is 0.263 e. The molecule has 1 aliphatic heterocycles. The van der Waals surface area contributed by atoms with Crippen LogP contribution < -0.4 is 5.56 Å². The average Bonchev–Trinajstić information content (AvgIpc) is 2.85. The van der Waals surface area contributed by atoms with Gasteiger partial charge in [0.25, 0.3) is 5.56 Å². The molecule has 4 nitrogen and oxygen atoms in total. The van der Waals surface area contributed by atoms with E-state index in [-0.39, 0.29) is 11.2 Å². The summed E-state index contributed by atoms with van der Waals surface area (Å²) < 4.78 is 7.64. The largest absolute Gasteiger partial charge is 0.370 e. The van der Waals surface area contributed by atoms with Gasteiger partial charge < -0.3 is 4.74 Å². The summed E-state index contributed by atoms with van der Waals surface area (Å²) in [7, 11) is 0. The molecule has 6 heteroatoms. The molecule has 0 saturated carbocycles. The highest BCUT2D eigenvalue weighted by atomic mass is 32.2. The zero-order valence-corrected chi connectivity index (χ0v) is 15.5. The van der Waals surface area contributed by atoms with Gasteiger partial charge in [0.05, 0.1) is 17.6 Å². The molecule has 2 aromatic rings. The third kappa shape index (κ3) is 3.12. The van der Waals surface area contributed by atoms with Gasteiger partial charge in [-0.1, -0.05) is 24.8 Å². The number of allylic oxidation sites excluding steroid dienone is 1. The molecule has 0 spiro atoms. The van der Waals surface area contributed by atoms with E-state index >= 15 is 0 Å². The Hall–Kier alpha value is -1.11. The monoisotopic (exact) mass is 350 g/mol. The molecule has 0 atom stereocenters. The molecule has 0 amide bonds. The molecule has 3 rings (SSSR count). The lowest BCUT2D eigenvalue weighted by molar-refractivity contribution is -0.0379. The van der Waals surface area contributed by atoms with E-state index in [0.29, 0.717) is 13.2 Å². The van der Waals surface area contributed by atoms with Crippen LogP contribution in [0.15, 0.2) is 22.6 Å². The van der Waals surface area contributed by atoms with Gasteiger partial charge in [0.2, 0.25) is 0 Å². The van der Waals surface area contributed by atoms with Crippen molar-refractivity contribution in [2.24, 2.45) is 0 Å². The molecule has 0 radical (unpaired) electrons. The van der Waals surface area contributed by atoms with E-state index in [2.05, 4.69) is 27.4 Å². The van der Waals surface area contributed by atoms with Crippen molar-refractivity contribution in [3.05, 3.63) is 33.4 Å². The van der Waals surface area contributed by atoms with Crippen LogP contribution >= 0.6 is 23.1 Å². The lowest BCUT2D eigenvalue weighted by Gasteiger charge is -2.29. The first-order valence-electron chi connectivity index (χ1n) is 7.89. The Morgan fingerprint density at radius 1 is 1.52 bits per heavy atom. The molecular formula is C17H22N2O2S2. The van der Waals surface area contributed by atoms with E-state index < -0.39 is 0 Å². The SMILES string of the molecule is C=CCn1c(SCCC)nc2sc3c(c2c1=O)CC(C)(C)OC3. The zero-order chi connectivity index (χ0) is 16.6. The molecule has 23 heavy (non-hydrogen) atoms. The topological polar surface area (TPSA) is 44.1 Å². The Morgan fingerprint density at radius 3 is 3.00 bits per heavy atom. The smallest absolute Gasteiger partial charge is 0.263 e. The summed E-state index contributed by atoms with van der Waals surface area (Å²) in [6.07, 6.45) is 3.57. The van der Waals surface area contributed by atoms with Crippen molar-refractivity contribution in [3.63, 3.8) is 0 Å². The van der Waals surface area contributed by atoms with Gasteiger partial charge >= 0.3 is 0 Å². The molecule has 2 aromatic heterocycles. The Labute approximate surface area is 144 Å². The second-order valence-corrected chi connectivity index (χ2v) is 8.50. The number of ether oxygens (including phenoxy) is 1. The van der Waals surface area contributed by atoms with Gasteiger partial charge in [-0.05, 0) is 25.8 Å². The van der Waals surface area contributed by atoms with Crippen LogP contribution in [-0.4, -0.2) is 20.9 Å². The highest BCUT2D eigenvalue weighted by Crippen LogP contribution is 2.37. The van der Waals surface area contributed by atoms with Gasteiger partial charge in [-0.25, -0.2) is 4.98 Å². The van der Waals surface area contributed by atoms with Crippen LogP contribution in [0, 0.1) is 0 Å². The summed E-state index contributed by atoms with van der Waals surface area (Å²) in [6.45, 7) is 11.1. The van der Waals surface area contributed by atoms with E-state index in [1.54, 1.807) is 33.7 Å². The molecule has 0 unspecified atom stereocenters. The molecule has 0 aromatic carbocycles. The predicted molar refractivity (Wildman–Crippen MR) is 97.7 cm³/mol. The number of fused-ring (bicyclic) bond motifs is 3. The molecule has 0 aliphatic carbocycles. The van der Waals surface area contributed by atoms with Gasteiger partial charge in [0.1, 0.15) is 4.83 Å². The first kappa shape index (κ1) is 16.7. The number of hydrogen-bond donors (Lipinski definition) is 0. The third-order valence-electron chi connectivity index (χ3n) is 3.90. The highest BCUT2D eigenvalue weighted by molar-refractivity contribution is 7.99. The molecule has 1 aliphatic rings. The number of rotatable bonds is 5. The van der Waals surface area contributed by atoms with Crippen LogP contribution in [0.25, 0.3) is 10.2 Å². The first-order chi connectivity index (χ1) is 11.0. The highest BCUT2D eigenvalue weighted by Gasteiger charge is 2.31. The second-order valence-electron chi connectivity index (χ2n) is 6.36. The maximum atomic E-state index is 13.1. The van der Waals surface area contributed by atoms with Crippen LogP contribution in [0.4, 0.5) is 0 Å². The minimum atomic E-state index is -0.230.